The summed E-state index contributed by atoms with van der Waals surface area (Å²) in [6.07, 6.45) is 2.57. The van der Waals surface area contributed by atoms with Crippen molar-refractivity contribution in [2.45, 2.75) is 31.2 Å². The number of hydrogen-bond donors (Lipinski definition) is 1. The highest BCUT2D eigenvalue weighted by molar-refractivity contribution is 4.97. The zero-order valence-corrected chi connectivity index (χ0v) is 4.00. The lowest BCUT2D eigenvalue weighted by Crippen LogP contribution is -2.08. The Bertz CT molecular complexity index is 92.1. The molecule has 2 heteroatoms. The molecule has 2 aliphatic rings. The highest BCUT2D eigenvalue weighted by Gasteiger charge is 2.49. The molecule has 1 aliphatic carbocycles. The maximum Gasteiger partial charge on any atom is 0.110 e. The van der Waals surface area contributed by atoms with E-state index in [1.807, 2.05) is 0 Å². The standard InChI is InChI=1S/C5H8O2/c6-3-1-2-4-5(3)7-4/h3-6H,1-2H2/t3?,4-,5+/m1/s1. The van der Waals surface area contributed by atoms with Gasteiger partial charge in [0.1, 0.15) is 6.10 Å². The number of epoxide rings is 1. The molecule has 1 heterocycles. The first-order valence-corrected chi connectivity index (χ1v) is 2.71. The molecule has 3 atom stereocenters. The summed E-state index contributed by atoms with van der Waals surface area (Å²) in [6, 6.07) is 0. The zero-order valence-electron chi connectivity index (χ0n) is 4.00. The maximum absolute atomic E-state index is 8.91. The van der Waals surface area contributed by atoms with Crippen molar-refractivity contribution >= 4 is 0 Å². The number of aliphatic hydroxyl groups excluding tert-OH is 1. The number of ether oxygens (including phenoxy) is 1. The van der Waals surface area contributed by atoms with Gasteiger partial charge in [-0.2, -0.15) is 0 Å². The van der Waals surface area contributed by atoms with Crippen LogP contribution in [-0.4, -0.2) is 23.4 Å². The van der Waals surface area contributed by atoms with E-state index in [2.05, 4.69) is 0 Å². The molecule has 1 saturated carbocycles. The van der Waals surface area contributed by atoms with E-state index >= 15 is 0 Å². The molecule has 1 saturated heterocycles. The van der Waals surface area contributed by atoms with Gasteiger partial charge in [-0.3, -0.25) is 0 Å². The molecule has 1 aliphatic heterocycles. The monoisotopic (exact) mass is 100 g/mol. The summed E-state index contributed by atoms with van der Waals surface area (Å²) in [6.45, 7) is 0. The second kappa shape index (κ2) is 1.01. The summed E-state index contributed by atoms with van der Waals surface area (Å²) in [5.74, 6) is 0. The summed E-state index contributed by atoms with van der Waals surface area (Å²) in [4.78, 5) is 0. The van der Waals surface area contributed by atoms with Crippen molar-refractivity contribution in [3.63, 3.8) is 0 Å². The van der Waals surface area contributed by atoms with Crippen molar-refractivity contribution in [1.29, 1.82) is 0 Å². The molecule has 2 fully saturated rings. The fourth-order valence-corrected chi connectivity index (χ4v) is 1.23. The fourth-order valence-electron chi connectivity index (χ4n) is 1.23. The second-order valence-electron chi connectivity index (χ2n) is 2.28. The minimum absolute atomic E-state index is 0.134. The lowest BCUT2D eigenvalue weighted by Gasteiger charge is -1.96. The summed E-state index contributed by atoms with van der Waals surface area (Å²) >= 11 is 0. The Kier molecular flexibility index (Phi) is 0.557. The van der Waals surface area contributed by atoms with Crippen LogP contribution in [0, 0.1) is 0 Å². The number of aliphatic hydroxyl groups is 1. The van der Waals surface area contributed by atoms with Crippen molar-refractivity contribution in [3.05, 3.63) is 0 Å². The molecule has 0 aromatic rings. The first kappa shape index (κ1) is 3.87. The van der Waals surface area contributed by atoms with Crippen molar-refractivity contribution in [2.24, 2.45) is 0 Å². The molecule has 1 unspecified atom stereocenters. The summed E-state index contributed by atoms with van der Waals surface area (Å²) < 4.78 is 5.02. The fraction of sp³-hybridized carbons (Fsp3) is 1.00. The van der Waals surface area contributed by atoms with Crippen LogP contribution in [0.15, 0.2) is 0 Å². The summed E-state index contributed by atoms with van der Waals surface area (Å²) in [7, 11) is 0. The number of rotatable bonds is 0. The molecule has 7 heavy (non-hydrogen) atoms. The van der Waals surface area contributed by atoms with E-state index in [0.717, 1.165) is 12.8 Å². The van der Waals surface area contributed by atoms with Gasteiger partial charge in [-0.1, -0.05) is 0 Å². The van der Waals surface area contributed by atoms with Crippen LogP contribution in [0.1, 0.15) is 12.8 Å². The van der Waals surface area contributed by atoms with E-state index in [9.17, 15) is 0 Å². The van der Waals surface area contributed by atoms with Gasteiger partial charge in [0.2, 0.25) is 0 Å². The summed E-state index contributed by atoms with van der Waals surface area (Å²) in [5, 5.41) is 8.91. The first-order chi connectivity index (χ1) is 3.38. The van der Waals surface area contributed by atoms with Crippen molar-refractivity contribution in [1.82, 2.24) is 0 Å². The third-order valence-electron chi connectivity index (χ3n) is 1.75. The Labute approximate surface area is 42.1 Å². The molecule has 1 N–H and O–H groups in total. The number of fused-ring (bicyclic) bond motifs is 1. The molecular formula is C5H8O2. The molecule has 0 aromatic carbocycles. The lowest BCUT2D eigenvalue weighted by atomic mass is 10.3. The van der Waals surface area contributed by atoms with Crippen molar-refractivity contribution in [3.8, 4) is 0 Å². The Morgan fingerprint density at radius 3 is 2.43 bits per heavy atom. The Hall–Kier alpha value is -0.0800. The predicted octanol–water partition coefficient (Wildman–Crippen LogP) is -0.0915. The van der Waals surface area contributed by atoms with Crippen LogP contribution in [0.2, 0.25) is 0 Å². The molecule has 0 amide bonds. The molecule has 40 valence electrons. The van der Waals surface area contributed by atoms with Crippen LogP contribution >= 0.6 is 0 Å². The van der Waals surface area contributed by atoms with Gasteiger partial charge in [0, 0.05) is 0 Å². The van der Waals surface area contributed by atoms with Crippen LogP contribution in [0.4, 0.5) is 0 Å². The van der Waals surface area contributed by atoms with Crippen LogP contribution in [0.3, 0.4) is 0 Å². The Morgan fingerprint density at radius 1 is 1.43 bits per heavy atom. The Morgan fingerprint density at radius 2 is 2.29 bits per heavy atom. The quantitative estimate of drug-likeness (QED) is 0.431. The average molecular weight is 100 g/mol. The van der Waals surface area contributed by atoms with E-state index in [0.29, 0.717) is 6.10 Å². The van der Waals surface area contributed by atoms with Gasteiger partial charge in [-0.25, -0.2) is 0 Å². The normalized spacial score (nSPS) is 57.0. The Balaban J connectivity index is 2.08. The first-order valence-electron chi connectivity index (χ1n) is 2.71. The average Bonchev–Trinajstić information content (AvgIpc) is 2.33. The predicted molar refractivity (Wildman–Crippen MR) is 23.9 cm³/mol. The van der Waals surface area contributed by atoms with E-state index in [1.54, 1.807) is 0 Å². The highest BCUT2D eigenvalue weighted by Crippen LogP contribution is 2.38. The van der Waals surface area contributed by atoms with E-state index in [4.69, 9.17) is 9.84 Å². The molecule has 2 nitrogen and oxygen atoms in total. The van der Waals surface area contributed by atoms with Gasteiger partial charge in [0.15, 0.2) is 0 Å². The zero-order chi connectivity index (χ0) is 4.85. The number of hydrogen-bond acceptors (Lipinski definition) is 2. The SMILES string of the molecule is OC1CC[C@H]2O[C@@H]12. The lowest BCUT2D eigenvalue weighted by molar-refractivity contribution is 0.119. The van der Waals surface area contributed by atoms with Crippen LogP contribution < -0.4 is 0 Å². The van der Waals surface area contributed by atoms with E-state index in [-0.39, 0.29) is 12.2 Å². The maximum atomic E-state index is 8.91. The molecule has 0 radical (unpaired) electrons. The van der Waals surface area contributed by atoms with Gasteiger partial charge in [0.05, 0.1) is 12.2 Å². The molecule has 0 spiro atoms. The molecule has 2 rings (SSSR count). The van der Waals surface area contributed by atoms with Gasteiger partial charge >= 0.3 is 0 Å². The van der Waals surface area contributed by atoms with E-state index < -0.39 is 0 Å². The third-order valence-corrected chi connectivity index (χ3v) is 1.75. The summed E-state index contributed by atoms with van der Waals surface area (Å²) in [5.41, 5.74) is 0. The van der Waals surface area contributed by atoms with E-state index in [1.165, 1.54) is 0 Å². The van der Waals surface area contributed by atoms with Crippen LogP contribution in [0.25, 0.3) is 0 Å². The molecular weight excluding hydrogens is 92.1 g/mol. The molecule has 0 bridgehead atoms. The third kappa shape index (κ3) is 0.409. The smallest absolute Gasteiger partial charge is 0.110 e. The van der Waals surface area contributed by atoms with Gasteiger partial charge in [-0.15, -0.1) is 0 Å². The largest absolute Gasteiger partial charge is 0.390 e. The van der Waals surface area contributed by atoms with Gasteiger partial charge < -0.3 is 9.84 Å². The minimum Gasteiger partial charge on any atom is -0.390 e. The van der Waals surface area contributed by atoms with Crippen molar-refractivity contribution in [2.75, 3.05) is 0 Å². The van der Waals surface area contributed by atoms with Gasteiger partial charge in [-0.05, 0) is 12.8 Å². The van der Waals surface area contributed by atoms with Crippen LogP contribution in [0.5, 0.6) is 0 Å². The highest BCUT2D eigenvalue weighted by atomic mass is 16.6. The minimum atomic E-state index is -0.134. The van der Waals surface area contributed by atoms with Crippen molar-refractivity contribution < 1.29 is 9.84 Å². The topological polar surface area (TPSA) is 32.8 Å². The second-order valence-corrected chi connectivity index (χ2v) is 2.28. The van der Waals surface area contributed by atoms with Crippen LogP contribution in [-0.2, 0) is 4.74 Å². The van der Waals surface area contributed by atoms with Gasteiger partial charge in [0.25, 0.3) is 0 Å². The molecule has 0 aromatic heterocycles.